The number of β-amino-alcohol motifs (C(OH)–C–C–N with tert-alkyl or cyclic N) is 1. The van der Waals surface area contributed by atoms with Gasteiger partial charge in [-0.05, 0) is 18.6 Å². The quantitative estimate of drug-likeness (QED) is 0.672. The Morgan fingerprint density at radius 3 is 3.12 bits per heavy atom. The lowest BCUT2D eigenvalue weighted by Crippen LogP contribution is -2.35. The van der Waals surface area contributed by atoms with E-state index in [2.05, 4.69) is 15.6 Å². The van der Waals surface area contributed by atoms with Gasteiger partial charge >= 0.3 is 0 Å². The van der Waals surface area contributed by atoms with Crippen molar-refractivity contribution in [1.82, 2.24) is 15.6 Å². The first-order chi connectivity index (χ1) is 8.18. The minimum Gasteiger partial charge on any atom is -0.391 e. The Bertz CT molecular complexity index is 408. The third kappa shape index (κ3) is 2.81. The van der Waals surface area contributed by atoms with Gasteiger partial charge in [0.2, 0.25) is 0 Å². The zero-order valence-corrected chi connectivity index (χ0v) is 9.81. The minimum atomic E-state index is -0.375. The van der Waals surface area contributed by atoms with Crippen LogP contribution in [-0.2, 0) is 0 Å². The van der Waals surface area contributed by atoms with Crippen LogP contribution < -0.4 is 10.6 Å². The molecule has 2 atom stereocenters. The highest BCUT2D eigenvalue weighted by Crippen LogP contribution is 2.08. The van der Waals surface area contributed by atoms with Gasteiger partial charge in [0.05, 0.1) is 6.10 Å². The van der Waals surface area contributed by atoms with Crippen LogP contribution >= 0.6 is 0 Å². The molecular formula is C12H17N3O2. The van der Waals surface area contributed by atoms with Gasteiger partial charge in [0.1, 0.15) is 5.69 Å². The number of hydrogen-bond acceptors (Lipinski definition) is 4. The SMILES string of the molecule is Cc1cccnc1C(=O)NCC1CNCC1O. The summed E-state index contributed by atoms with van der Waals surface area (Å²) in [6, 6.07) is 3.66. The molecule has 1 aliphatic heterocycles. The van der Waals surface area contributed by atoms with E-state index in [1.54, 1.807) is 12.3 Å². The predicted molar refractivity (Wildman–Crippen MR) is 63.7 cm³/mol. The number of rotatable bonds is 3. The molecular weight excluding hydrogens is 218 g/mol. The van der Waals surface area contributed by atoms with Gasteiger partial charge in [0.15, 0.2) is 0 Å². The second-order valence-corrected chi connectivity index (χ2v) is 4.36. The average Bonchev–Trinajstić information content (AvgIpc) is 2.72. The molecule has 92 valence electrons. The largest absolute Gasteiger partial charge is 0.391 e. The van der Waals surface area contributed by atoms with Gasteiger partial charge in [-0.15, -0.1) is 0 Å². The van der Waals surface area contributed by atoms with Crippen molar-refractivity contribution in [2.45, 2.75) is 13.0 Å². The molecule has 0 aromatic carbocycles. The summed E-state index contributed by atoms with van der Waals surface area (Å²) in [5.74, 6) is -0.0924. The lowest BCUT2D eigenvalue weighted by Gasteiger charge is -2.14. The lowest BCUT2D eigenvalue weighted by molar-refractivity contribution is 0.0921. The molecule has 3 N–H and O–H groups in total. The number of carbonyl (C=O) groups is 1. The number of aliphatic hydroxyl groups excluding tert-OH is 1. The van der Waals surface area contributed by atoms with Crippen molar-refractivity contribution in [1.29, 1.82) is 0 Å². The van der Waals surface area contributed by atoms with Crippen molar-refractivity contribution in [3.05, 3.63) is 29.6 Å². The molecule has 17 heavy (non-hydrogen) atoms. The van der Waals surface area contributed by atoms with Gasteiger partial charge in [-0.3, -0.25) is 9.78 Å². The zero-order valence-electron chi connectivity index (χ0n) is 9.81. The van der Waals surface area contributed by atoms with Crippen molar-refractivity contribution in [2.75, 3.05) is 19.6 Å². The van der Waals surface area contributed by atoms with Crippen molar-refractivity contribution >= 4 is 5.91 Å². The molecule has 1 aliphatic rings. The molecule has 2 unspecified atom stereocenters. The van der Waals surface area contributed by atoms with Crippen LogP contribution in [0.3, 0.4) is 0 Å². The first-order valence-corrected chi connectivity index (χ1v) is 5.77. The molecule has 1 aromatic heterocycles. The molecule has 2 heterocycles. The topological polar surface area (TPSA) is 74.2 Å². The summed E-state index contributed by atoms with van der Waals surface area (Å²) in [4.78, 5) is 15.9. The first-order valence-electron chi connectivity index (χ1n) is 5.77. The molecule has 5 heteroatoms. The number of aryl methyl sites for hydroxylation is 1. The Hall–Kier alpha value is -1.46. The second kappa shape index (κ2) is 5.25. The molecule has 0 aliphatic carbocycles. The van der Waals surface area contributed by atoms with Crippen LogP contribution in [0.1, 0.15) is 16.1 Å². The number of pyridine rings is 1. The van der Waals surface area contributed by atoms with Crippen LogP contribution in [0.4, 0.5) is 0 Å². The fourth-order valence-corrected chi connectivity index (χ4v) is 1.96. The number of nitrogens with zero attached hydrogens (tertiary/aromatic N) is 1. The van der Waals surface area contributed by atoms with Gasteiger partial charge in [0, 0.05) is 31.7 Å². The molecule has 2 rings (SSSR count). The van der Waals surface area contributed by atoms with E-state index in [1.165, 1.54) is 0 Å². The summed E-state index contributed by atoms with van der Waals surface area (Å²) in [6.45, 7) is 3.67. The van der Waals surface area contributed by atoms with Crippen LogP contribution in [0.2, 0.25) is 0 Å². The maximum absolute atomic E-state index is 11.9. The molecule has 5 nitrogen and oxygen atoms in total. The van der Waals surface area contributed by atoms with Crippen molar-refractivity contribution in [3.8, 4) is 0 Å². The van der Waals surface area contributed by atoms with Gasteiger partial charge in [-0.2, -0.15) is 0 Å². The summed E-state index contributed by atoms with van der Waals surface area (Å²) in [6.07, 6.45) is 1.23. The van der Waals surface area contributed by atoms with Gasteiger partial charge in [-0.25, -0.2) is 0 Å². The zero-order chi connectivity index (χ0) is 12.3. The number of hydrogen-bond donors (Lipinski definition) is 3. The van der Waals surface area contributed by atoms with E-state index in [4.69, 9.17) is 0 Å². The summed E-state index contributed by atoms with van der Waals surface area (Å²) in [5, 5.41) is 15.5. The molecule has 0 saturated carbocycles. The van der Waals surface area contributed by atoms with Crippen molar-refractivity contribution in [3.63, 3.8) is 0 Å². The highest BCUT2D eigenvalue weighted by atomic mass is 16.3. The van der Waals surface area contributed by atoms with E-state index in [0.29, 0.717) is 18.8 Å². The van der Waals surface area contributed by atoms with Gasteiger partial charge in [-0.1, -0.05) is 6.07 Å². The summed E-state index contributed by atoms with van der Waals surface area (Å²) < 4.78 is 0. The highest BCUT2D eigenvalue weighted by molar-refractivity contribution is 5.93. The first kappa shape index (κ1) is 12.0. The van der Waals surface area contributed by atoms with E-state index in [9.17, 15) is 9.90 Å². The number of nitrogens with one attached hydrogen (secondary N) is 2. The standard InChI is InChI=1S/C12H17N3O2/c1-8-3-2-4-14-11(8)12(17)15-6-9-5-13-7-10(9)16/h2-4,9-10,13,16H,5-7H2,1H3,(H,15,17). The van der Waals surface area contributed by atoms with Crippen LogP contribution in [0.25, 0.3) is 0 Å². The summed E-state index contributed by atoms with van der Waals surface area (Å²) in [7, 11) is 0. The highest BCUT2D eigenvalue weighted by Gasteiger charge is 2.25. The smallest absolute Gasteiger partial charge is 0.270 e. The number of carbonyl (C=O) groups excluding carboxylic acids is 1. The Morgan fingerprint density at radius 2 is 2.47 bits per heavy atom. The molecule has 0 bridgehead atoms. The maximum Gasteiger partial charge on any atom is 0.270 e. The molecule has 0 spiro atoms. The lowest BCUT2D eigenvalue weighted by atomic mass is 10.1. The molecule has 0 radical (unpaired) electrons. The Balaban J connectivity index is 1.91. The van der Waals surface area contributed by atoms with E-state index in [0.717, 1.165) is 12.1 Å². The number of aromatic nitrogens is 1. The maximum atomic E-state index is 11.9. The minimum absolute atomic E-state index is 0.0861. The Labute approximate surface area is 100 Å². The Morgan fingerprint density at radius 1 is 1.65 bits per heavy atom. The van der Waals surface area contributed by atoms with Crippen LogP contribution in [-0.4, -0.2) is 41.7 Å². The molecule has 1 fully saturated rings. The number of aliphatic hydroxyl groups is 1. The number of amides is 1. The fourth-order valence-electron chi connectivity index (χ4n) is 1.96. The second-order valence-electron chi connectivity index (χ2n) is 4.36. The fraction of sp³-hybridized carbons (Fsp3) is 0.500. The molecule has 1 amide bonds. The third-order valence-electron chi connectivity index (χ3n) is 3.05. The average molecular weight is 235 g/mol. The van der Waals surface area contributed by atoms with Crippen LogP contribution in [0, 0.1) is 12.8 Å². The van der Waals surface area contributed by atoms with Gasteiger partial charge in [0.25, 0.3) is 5.91 Å². The molecule has 1 aromatic rings. The van der Waals surface area contributed by atoms with Crippen molar-refractivity contribution in [2.24, 2.45) is 5.92 Å². The summed E-state index contributed by atoms with van der Waals surface area (Å²) in [5.41, 5.74) is 1.31. The van der Waals surface area contributed by atoms with Crippen LogP contribution in [0.5, 0.6) is 0 Å². The Kier molecular flexibility index (Phi) is 3.71. The third-order valence-corrected chi connectivity index (χ3v) is 3.05. The van der Waals surface area contributed by atoms with Crippen LogP contribution in [0.15, 0.2) is 18.3 Å². The van der Waals surface area contributed by atoms with Gasteiger partial charge < -0.3 is 15.7 Å². The van der Waals surface area contributed by atoms with E-state index >= 15 is 0 Å². The predicted octanol–water partition coefficient (Wildman–Crippen LogP) is -0.300. The van der Waals surface area contributed by atoms with E-state index in [1.807, 2.05) is 13.0 Å². The molecule has 1 saturated heterocycles. The van der Waals surface area contributed by atoms with E-state index < -0.39 is 0 Å². The van der Waals surface area contributed by atoms with E-state index in [-0.39, 0.29) is 17.9 Å². The van der Waals surface area contributed by atoms with Crippen molar-refractivity contribution < 1.29 is 9.90 Å². The normalized spacial score (nSPS) is 23.6. The monoisotopic (exact) mass is 235 g/mol. The summed E-state index contributed by atoms with van der Waals surface area (Å²) >= 11 is 0.